The topological polar surface area (TPSA) is 110 Å². The maximum absolute atomic E-state index is 14.4. The highest BCUT2D eigenvalue weighted by Gasteiger charge is 2.36. The number of anilines is 2. The minimum Gasteiger partial charge on any atom is -0.492 e. The van der Waals surface area contributed by atoms with E-state index in [0.29, 0.717) is 65.7 Å². The average Bonchev–Trinajstić information content (AvgIpc) is 3.22. The summed E-state index contributed by atoms with van der Waals surface area (Å²) in [5, 5.41) is 6.14. The molecule has 0 atom stereocenters. The number of para-hydroxylation sites is 1. The Morgan fingerprint density at radius 1 is 1.19 bits per heavy atom. The molecule has 10 heteroatoms. The van der Waals surface area contributed by atoms with E-state index >= 15 is 0 Å². The second kappa shape index (κ2) is 8.49. The number of nitrogens with one attached hydrogen (secondary N) is 3. The van der Waals surface area contributed by atoms with Crippen molar-refractivity contribution in [2.24, 2.45) is 0 Å². The van der Waals surface area contributed by atoms with Gasteiger partial charge in [-0.05, 0) is 31.2 Å². The largest absolute Gasteiger partial charge is 0.492 e. The molecule has 1 aromatic carbocycles. The van der Waals surface area contributed by atoms with Crippen molar-refractivity contribution >= 4 is 28.3 Å². The number of ether oxygens (including phenoxy) is 3. The van der Waals surface area contributed by atoms with Crippen molar-refractivity contribution in [3.8, 4) is 22.9 Å². The van der Waals surface area contributed by atoms with Crippen molar-refractivity contribution in [3.05, 3.63) is 59.7 Å². The molecule has 4 aromatic rings. The number of benzene rings is 1. The Bertz CT molecular complexity index is 1500. The van der Waals surface area contributed by atoms with Gasteiger partial charge in [0.25, 0.3) is 5.91 Å². The van der Waals surface area contributed by atoms with Crippen molar-refractivity contribution in [1.82, 2.24) is 20.3 Å². The van der Waals surface area contributed by atoms with Gasteiger partial charge >= 0.3 is 0 Å². The summed E-state index contributed by atoms with van der Waals surface area (Å²) in [7, 11) is 1.40. The Hall–Kier alpha value is -4.18. The van der Waals surface area contributed by atoms with E-state index in [4.69, 9.17) is 19.2 Å². The molecule has 3 aromatic heterocycles. The molecule has 5 heterocycles. The van der Waals surface area contributed by atoms with Crippen LogP contribution in [0.25, 0.3) is 22.3 Å². The molecule has 184 valence electrons. The molecular formula is C26H24FN5O4. The highest BCUT2D eigenvalue weighted by atomic mass is 19.1. The van der Waals surface area contributed by atoms with Gasteiger partial charge in [-0.15, -0.1) is 0 Å². The van der Waals surface area contributed by atoms with E-state index in [9.17, 15) is 9.18 Å². The average molecular weight is 490 g/mol. The first kappa shape index (κ1) is 22.3. The minimum atomic E-state index is -0.510. The van der Waals surface area contributed by atoms with Crippen LogP contribution >= 0.6 is 0 Å². The van der Waals surface area contributed by atoms with Crippen molar-refractivity contribution in [2.75, 3.05) is 32.2 Å². The molecule has 0 spiro atoms. The van der Waals surface area contributed by atoms with Crippen LogP contribution in [0.1, 0.15) is 23.0 Å². The van der Waals surface area contributed by atoms with E-state index in [1.807, 2.05) is 19.1 Å². The van der Waals surface area contributed by atoms with Crippen LogP contribution < -0.4 is 20.1 Å². The molecule has 2 aliphatic heterocycles. The maximum atomic E-state index is 14.4. The summed E-state index contributed by atoms with van der Waals surface area (Å²) in [6.07, 6.45) is 2.31. The molecule has 1 amide bonds. The van der Waals surface area contributed by atoms with E-state index in [2.05, 4.69) is 20.6 Å². The highest BCUT2D eigenvalue weighted by molar-refractivity contribution is 6.08. The fourth-order valence-electron chi connectivity index (χ4n) is 4.62. The van der Waals surface area contributed by atoms with Crippen LogP contribution in [-0.2, 0) is 11.2 Å². The highest BCUT2D eigenvalue weighted by Crippen LogP contribution is 2.41. The molecule has 2 aliphatic rings. The molecule has 0 unspecified atom stereocenters. The molecule has 0 radical (unpaired) electrons. The Morgan fingerprint density at radius 2 is 2.06 bits per heavy atom. The summed E-state index contributed by atoms with van der Waals surface area (Å²) in [6.45, 7) is 3.48. The van der Waals surface area contributed by atoms with Crippen molar-refractivity contribution in [1.29, 1.82) is 0 Å². The van der Waals surface area contributed by atoms with Gasteiger partial charge in [0.05, 0.1) is 48.5 Å². The first-order valence-corrected chi connectivity index (χ1v) is 11.6. The molecule has 0 saturated carbocycles. The van der Waals surface area contributed by atoms with Gasteiger partial charge in [-0.2, -0.15) is 0 Å². The second-order valence-corrected chi connectivity index (χ2v) is 9.10. The standard InChI is InChI=1S/C26H24FN5O4/c1-26(12-35-13-26)36-19-7-6-17-21(32-19)14(8-10-28-17)22-23(20-16(30-22)9-11-29-25(20)33)31-18-5-3-4-15(27)24(18)34-2/h3-8,10,30-31H,9,11-13H2,1-2H3,(H,29,33). The molecule has 0 aliphatic carbocycles. The third-order valence-electron chi connectivity index (χ3n) is 6.39. The predicted molar refractivity (Wildman–Crippen MR) is 131 cm³/mol. The van der Waals surface area contributed by atoms with E-state index < -0.39 is 11.4 Å². The van der Waals surface area contributed by atoms with Crippen LogP contribution in [-0.4, -0.2) is 53.3 Å². The first-order chi connectivity index (χ1) is 17.5. The number of hydrogen-bond donors (Lipinski definition) is 3. The molecule has 36 heavy (non-hydrogen) atoms. The number of fused-ring (bicyclic) bond motifs is 2. The number of carbonyl (C=O) groups is 1. The van der Waals surface area contributed by atoms with E-state index in [1.54, 1.807) is 24.4 Å². The van der Waals surface area contributed by atoms with Gasteiger partial charge < -0.3 is 29.8 Å². The van der Waals surface area contributed by atoms with Gasteiger partial charge in [0.2, 0.25) is 5.88 Å². The summed E-state index contributed by atoms with van der Waals surface area (Å²) in [5.74, 6) is -0.217. The molecule has 3 N–H and O–H groups in total. The van der Waals surface area contributed by atoms with Crippen molar-refractivity contribution in [2.45, 2.75) is 18.9 Å². The molecular weight excluding hydrogens is 465 g/mol. The van der Waals surface area contributed by atoms with Crippen LogP contribution in [0.3, 0.4) is 0 Å². The van der Waals surface area contributed by atoms with Crippen LogP contribution in [0.5, 0.6) is 11.6 Å². The first-order valence-electron chi connectivity index (χ1n) is 11.6. The summed E-state index contributed by atoms with van der Waals surface area (Å²) < 4.78 is 31.1. The van der Waals surface area contributed by atoms with Gasteiger partial charge in [-0.25, -0.2) is 9.37 Å². The lowest BCUT2D eigenvalue weighted by molar-refractivity contribution is -0.151. The lowest BCUT2D eigenvalue weighted by Gasteiger charge is -2.37. The summed E-state index contributed by atoms with van der Waals surface area (Å²) in [5.41, 5.74) is 4.36. The number of pyridine rings is 2. The lowest BCUT2D eigenvalue weighted by atomic mass is 10.0. The third-order valence-corrected chi connectivity index (χ3v) is 6.39. The number of rotatable bonds is 6. The summed E-state index contributed by atoms with van der Waals surface area (Å²) in [4.78, 5) is 25.6. The van der Waals surface area contributed by atoms with Crippen LogP contribution in [0.2, 0.25) is 0 Å². The van der Waals surface area contributed by atoms with Gasteiger partial charge in [-0.3, -0.25) is 9.78 Å². The maximum Gasteiger partial charge on any atom is 0.255 e. The zero-order chi connectivity index (χ0) is 24.9. The number of hydrogen-bond acceptors (Lipinski definition) is 7. The number of methoxy groups -OCH3 is 1. The van der Waals surface area contributed by atoms with Crippen LogP contribution in [0.15, 0.2) is 42.6 Å². The zero-order valence-electron chi connectivity index (χ0n) is 19.8. The minimum absolute atomic E-state index is 0.0546. The Labute approximate surface area is 206 Å². The Balaban J connectivity index is 1.52. The Kier molecular flexibility index (Phi) is 5.26. The predicted octanol–water partition coefficient (Wildman–Crippen LogP) is 3.97. The molecule has 1 saturated heterocycles. The van der Waals surface area contributed by atoms with Gasteiger partial charge in [0.1, 0.15) is 5.52 Å². The number of carbonyl (C=O) groups excluding carboxylic acids is 1. The van der Waals surface area contributed by atoms with E-state index in [1.165, 1.54) is 13.2 Å². The smallest absolute Gasteiger partial charge is 0.255 e. The number of H-pyrrole nitrogens is 1. The van der Waals surface area contributed by atoms with Gasteiger partial charge in [0, 0.05) is 36.5 Å². The molecule has 0 bridgehead atoms. The van der Waals surface area contributed by atoms with E-state index in [0.717, 1.165) is 11.3 Å². The van der Waals surface area contributed by atoms with Gasteiger partial charge in [0.15, 0.2) is 17.2 Å². The number of nitrogens with zero attached hydrogens (tertiary/aromatic N) is 2. The second-order valence-electron chi connectivity index (χ2n) is 9.10. The van der Waals surface area contributed by atoms with Crippen molar-refractivity contribution < 1.29 is 23.4 Å². The summed E-state index contributed by atoms with van der Waals surface area (Å²) >= 11 is 0. The van der Waals surface area contributed by atoms with Gasteiger partial charge in [-0.1, -0.05) is 6.07 Å². The summed E-state index contributed by atoms with van der Waals surface area (Å²) in [6, 6.07) is 10.1. The normalized spacial score (nSPS) is 16.1. The fourth-order valence-corrected chi connectivity index (χ4v) is 4.62. The third kappa shape index (κ3) is 3.70. The molecule has 9 nitrogen and oxygen atoms in total. The van der Waals surface area contributed by atoms with Crippen molar-refractivity contribution in [3.63, 3.8) is 0 Å². The quantitative estimate of drug-likeness (QED) is 0.376. The number of amides is 1. The van der Waals surface area contributed by atoms with Crippen LogP contribution in [0, 0.1) is 5.82 Å². The monoisotopic (exact) mass is 489 g/mol. The SMILES string of the molecule is COc1c(F)cccc1Nc1c(-c2ccnc3ccc(OC4(C)COC4)nc23)[nH]c2c1C(=O)NCC2. The van der Waals surface area contributed by atoms with Crippen LogP contribution in [0.4, 0.5) is 15.8 Å². The number of aromatic amines is 1. The zero-order valence-corrected chi connectivity index (χ0v) is 19.8. The number of halogens is 1. The Morgan fingerprint density at radius 3 is 2.83 bits per heavy atom. The lowest BCUT2D eigenvalue weighted by Crippen LogP contribution is -2.51. The molecule has 1 fully saturated rings. The van der Waals surface area contributed by atoms with E-state index in [-0.39, 0.29) is 11.7 Å². The fraction of sp³-hybridized carbons (Fsp3) is 0.269. The molecule has 6 rings (SSSR count). The number of aromatic nitrogens is 3.